The summed E-state index contributed by atoms with van der Waals surface area (Å²) in [4.78, 5) is 38.8. The van der Waals surface area contributed by atoms with Gasteiger partial charge in [0.05, 0.1) is 6.54 Å². The van der Waals surface area contributed by atoms with Crippen LogP contribution in [0.3, 0.4) is 0 Å². The van der Waals surface area contributed by atoms with Crippen LogP contribution in [0.4, 0.5) is 17.1 Å². The molecule has 1 saturated heterocycles. The van der Waals surface area contributed by atoms with Gasteiger partial charge in [0, 0.05) is 41.6 Å². The minimum atomic E-state index is -0.223. The predicted octanol–water partition coefficient (Wildman–Crippen LogP) is 3.96. The first-order chi connectivity index (χ1) is 14.9. The van der Waals surface area contributed by atoms with Crippen LogP contribution in [-0.2, 0) is 9.59 Å². The van der Waals surface area contributed by atoms with Crippen LogP contribution >= 0.6 is 0 Å². The normalized spacial score (nSPS) is 13.6. The van der Waals surface area contributed by atoms with E-state index in [0.29, 0.717) is 16.9 Å². The van der Waals surface area contributed by atoms with E-state index in [9.17, 15) is 14.4 Å². The van der Waals surface area contributed by atoms with Crippen molar-refractivity contribution in [3.63, 3.8) is 0 Å². The molecule has 1 fully saturated rings. The number of carbonyl (C=O) groups is 3. The molecule has 0 bridgehead atoms. The Morgan fingerprint density at radius 1 is 0.871 bits per heavy atom. The SMILES string of the molecule is CC(C)C(=O)Nc1cccc(NCC(=O)Nc2cccc(C(=O)N3CCCCC3)c2)c1. The molecule has 2 aromatic carbocycles. The zero-order valence-corrected chi connectivity index (χ0v) is 18.1. The second kappa shape index (κ2) is 10.6. The quantitative estimate of drug-likeness (QED) is 0.630. The summed E-state index contributed by atoms with van der Waals surface area (Å²) >= 11 is 0. The lowest BCUT2D eigenvalue weighted by Crippen LogP contribution is -2.35. The predicted molar refractivity (Wildman–Crippen MR) is 123 cm³/mol. The van der Waals surface area contributed by atoms with Gasteiger partial charge < -0.3 is 20.9 Å². The van der Waals surface area contributed by atoms with Crippen molar-refractivity contribution < 1.29 is 14.4 Å². The second-order valence-electron chi connectivity index (χ2n) is 8.06. The first kappa shape index (κ1) is 22.3. The summed E-state index contributed by atoms with van der Waals surface area (Å²) in [6.45, 7) is 5.30. The average Bonchev–Trinajstić information content (AvgIpc) is 2.78. The summed E-state index contributed by atoms with van der Waals surface area (Å²) in [5.41, 5.74) is 2.58. The van der Waals surface area contributed by atoms with Crippen LogP contribution in [0.2, 0.25) is 0 Å². The van der Waals surface area contributed by atoms with Crippen LogP contribution in [0.5, 0.6) is 0 Å². The maximum atomic E-state index is 12.7. The summed E-state index contributed by atoms with van der Waals surface area (Å²) < 4.78 is 0. The number of nitrogens with one attached hydrogen (secondary N) is 3. The zero-order valence-electron chi connectivity index (χ0n) is 18.1. The van der Waals surface area contributed by atoms with Crippen molar-refractivity contribution in [2.24, 2.45) is 5.92 Å². The third-order valence-electron chi connectivity index (χ3n) is 5.14. The van der Waals surface area contributed by atoms with Gasteiger partial charge >= 0.3 is 0 Å². The number of likely N-dealkylation sites (tertiary alicyclic amines) is 1. The molecule has 3 N–H and O–H groups in total. The second-order valence-corrected chi connectivity index (χ2v) is 8.06. The number of amides is 3. The van der Waals surface area contributed by atoms with Crippen molar-refractivity contribution in [2.75, 3.05) is 35.6 Å². The van der Waals surface area contributed by atoms with E-state index in [2.05, 4.69) is 16.0 Å². The summed E-state index contributed by atoms with van der Waals surface area (Å²) in [5.74, 6) is -0.387. The van der Waals surface area contributed by atoms with Gasteiger partial charge in [-0.15, -0.1) is 0 Å². The summed E-state index contributed by atoms with van der Waals surface area (Å²) in [5, 5.41) is 8.73. The number of rotatable bonds is 7. The maximum Gasteiger partial charge on any atom is 0.253 e. The van der Waals surface area contributed by atoms with E-state index >= 15 is 0 Å². The lowest BCUT2D eigenvalue weighted by atomic mass is 10.1. The van der Waals surface area contributed by atoms with Crippen LogP contribution in [-0.4, -0.2) is 42.3 Å². The van der Waals surface area contributed by atoms with Gasteiger partial charge in [-0.05, 0) is 55.7 Å². The third-order valence-corrected chi connectivity index (χ3v) is 5.14. The smallest absolute Gasteiger partial charge is 0.253 e. The largest absolute Gasteiger partial charge is 0.376 e. The van der Waals surface area contributed by atoms with E-state index in [4.69, 9.17) is 0 Å². The average molecular weight is 423 g/mol. The molecule has 3 amide bonds. The van der Waals surface area contributed by atoms with Crippen molar-refractivity contribution in [1.29, 1.82) is 0 Å². The van der Waals surface area contributed by atoms with Crippen LogP contribution in [0.15, 0.2) is 48.5 Å². The summed E-state index contributed by atoms with van der Waals surface area (Å²) in [6, 6.07) is 14.3. The molecule has 1 aliphatic heterocycles. The molecule has 0 unspecified atom stereocenters. The first-order valence-electron chi connectivity index (χ1n) is 10.8. The molecule has 0 atom stereocenters. The summed E-state index contributed by atoms with van der Waals surface area (Å²) in [6.07, 6.45) is 3.24. The molecule has 1 aliphatic rings. The Morgan fingerprint density at radius 2 is 1.52 bits per heavy atom. The topological polar surface area (TPSA) is 90.5 Å². The van der Waals surface area contributed by atoms with Gasteiger partial charge in [0.15, 0.2) is 0 Å². The highest BCUT2D eigenvalue weighted by molar-refractivity contribution is 5.98. The Hall–Kier alpha value is -3.35. The number of hydrogen-bond donors (Lipinski definition) is 3. The Labute approximate surface area is 183 Å². The highest BCUT2D eigenvalue weighted by Crippen LogP contribution is 2.18. The van der Waals surface area contributed by atoms with E-state index in [-0.39, 0.29) is 30.2 Å². The molecule has 31 heavy (non-hydrogen) atoms. The number of piperidine rings is 1. The molecule has 1 heterocycles. The Bertz CT molecular complexity index is 936. The molecule has 7 heteroatoms. The first-order valence-corrected chi connectivity index (χ1v) is 10.8. The van der Waals surface area contributed by atoms with Gasteiger partial charge in [0.1, 0.15) is 0 Å². The van der Waals surface area contributed by atoms with Gasteiger partial charge in [-0.25, -0.2) is 0 Å². The highest BCUT2D eigenvalue weighted by Gasteiger charge is 2.18. The number of hydrogen-bond acceptors (Lipinski definition) is 4. The molecule has 3 rings (SSSR count). The van der Waals surface area contributed by atoms with E-state index in [1.54, 1.807) is 36.4 Å². The number of nitrogens with zero attached hydrogens (tertiary/aromatic N) is 1. The van der Waals surface area contributed by atoms with Crippen molar-refractivity contribution >= 4 is 34.8 Å². The van der Waals surface area contributed by atoms with E-state index in [1.165, 1.54) is 6.42 Å². The Balaban J connectivity index is 1.54. The Morgan fingerprint density at radius 3 is 2.23 bits per heavy atom. The van der Waals surface area contributed by atoms with Crippen molar-refractivity contribution in [3.05, 3.63) is 54.1 Å². The molecular formula is C24H30N4O3. The molecule has 0 aliphatic carbocycles. The Kier molecular flexibility index (Phi) is 7.65. The number of benzene rings is 2. The van der Waals surface area contributed by atoms with Crippen LogP contribution in [0, 0.1) is 5.92 Å². The molecule has 164 valence electrons. The standard InChI is InChI=1S/C24H30N4O3/c1-17(2)23(30)27-21-11-7-9-19(15-21)25-16-22(29)26-20-10-6-8-18(14-20)24(31)28-12-4-3-5-13-28/h6-11,14-15,17,25H,3-5,12-13,16H2,1-2H3,(H,26,29)(H,27,30). The highest BCUT2D eigenvalue weighted by atomic mass is 16.2. The molecule has 2 aromatic rings. The monoisotopic (exact) mass is 422 g/mol. The third kappa shape index (κ3) is 6.57. The van der Waals surface area contributed by atoms with Crippen LogP contribution < -0.4 is 16.0 Å². The molecule has 0 radical (unpaired) electrons. The van der Waals surface area contributed by atoms with Gasteiger partial charge in [0.25, 0.3) is 5.91 Å². The lowest BCUT2D eigenvalue weighted by molar-refractivity contribution is -0.119. The van der Waals surface area contributed by atoms with E-state index in [0.717, 1.165) is 31.6 Å². The van der Waals surface area contributed by atoms with Gasteiger partial charge in [-0.2, -0.15) is 0 Å². The minimum Gasteiger partial charge on any atom is -0.376 e. The van der Waals surface area contributed by atoms with E-state index in [1.807, 2.05) is 30.9 Å². The molecule has 0 saturated carbocycles. The van der Waals surface area contributed by atoms with Gasteiger partial charge in [-0.3, -0.25) is 14.4 Å². The number of anilines is 3. The van der Waals surface area contributed by atoms with Crippen molar-refractivity contribution in [2.45, 2.75) is 33.1 Å². The summed E-state index contributed by atoms with van der Waals surface area (Å²) in [7, 11) is 0. The fourth-order valence-corrected chi connectivity index (χ4v) is 3.39. The molecular weight excluding hydrogens is 392 g/mol. The fraction of sp³-hybridized carbons (Fsp3) is 0.375. The van der Waals surface area contributed by atoms with Crippen molar-refractivity contribution in [1.82, 2.24) is 4.90 Å². The zero-order chi connectivity index (χ0) is 22.2. The molecule has 0 spiro atoms. The van der Waals surface area contributed by atoms with Crippen molar-refractivity contribution in [3.8, 4) is 0 Å². The fourth-order valence-electron chi connectivity index (χ4n) is 3.39. The molecule has 7 nitrogen and oxygen atoms in total. The van der Waals surface area contributed by atoms with Gasteiger partial charge in [0.2, 0.25) is 11.8 Å². The van der Waals surface area contributed by atoms with E-state index < -0.39 is 0 Å². The maximum absolute atomic E-state index is 12.7. The minimum absolute atomic E-state index is 0.00850. The van der Waals surface area contributed by atoms with Gasteiger partial charge in [-0.1, -0.05) is 26.0 Å². The molecule has 0 aromatic heterocycles. The van der Waals surface area contributed by atoms with Crippen LogP contribution in [0.1, 0.15) is 43.5 Å². The number of carbonyl (C=O) groups excluding carboxylic acids is 3. The lowest BCUT2D eigenvalue weighted by Gasteiger charge is -2.26. The van der Waals surface area contributed by atoms with Crippen LogP contribution in [0.25, 0.3) is 0 Å².